The maximum Gasteiger partial charge on any atom is 0.124 e. The highest BCUT2D eigenvalue weighted by Crippen LogP contribution is 2.63. The van der Waals surface area contributed by atoms with Crippen molar-refractivity contribution in [3.05, 3.63) is 0 Å². The summed E-state index contributed by atoms with van der Waals surface area (Å²) in [4.78, 5) is 0. The molecule has 0 amide bonds. The van der Waals surface area contributed by atoms with E-state index in [2.05, 4.69) is 23.9 Å². The lowest BCUT2D eigenvalue weighted by Crippen LogP contribution is -2.47. The van der Waals surface area contributed by atoms with E-state index < -0.39 is 21.2 Å². The fourth-order valence-electron chi connectivity index (χ4n) is 8.49. The zero-order valence-corrected chi connectivity index (χ0v) is 20.6. The molecule has 4 aliphatic rings. The van der Waals surface area contributed by atoms with Crippen LogP contribution in [0.5, 0.6) is 0 Å². The number of hydrogen-bond donors (Lipinski definition) is 0. The average molecular weight is 390 g/mol. The summed E-state index contributed by atoms with van der Waals surface area (Å²) in [6.45, 7) is 2.97. The zero-order valence-electron chi connectivity index (χ0n) is 18.4. The topological polar surface area (TPSA) is 0 Å². The Morgan fingerprint density at radius 3 is 1.58 bits per heavy atom. The molecule has 0 aromatic heterocycles. The molecule has 0 aromatic carbocycles. The first-order valence-electron chi connectivity index (χ1n) is 12.7. The molecule has 0 nitrogen and oxygen atoms in total. The molecule has 0 radical (unpaired) electrons. The van der Waals surface area contributed by atoms with Gasteiger partial charge in [-0.25, -0.2) is 17.4 Å². The third-order valence-electron chi connectivity index (χ3n) is 9.91. The average Bonchev–Trinajstić information content (AvgIpc) is 3.24. The summed E-state index contributed by atoms with van der Waals surface area (Å²) < 4.78 is 0. The van der Waals surface area contributed by atoms with Crippen LogP contribution < -0.4 is 0 Å². The van der Waals surface area contributed by atoms with Crippen LogP contribution in [0.2, 0.25) is 46.3 Å². The summed E-state index contributed by atoms with van der Waals surface area (Å²) in [6, 6.07) is 1.73. The molecule has 6 unspecified atom stereocenters. The van der Waals surface area contributed by atoms with Crippen LogP contribution in [-0.4, -0.2) is 21.2 Å². The van der Waals surface area contributed by atoms with E-state index in [0.29, 0.717) is 0 Å². The van der Waals surface area contributed by atoms with E-state index in [1.165, 1.54) is 22.9 Å². The molecule has 0 N–H and O–H groups in total. The van der Waals surface area contributed by atoms with Crippen molar-refractivity contribution < 1.29 is 0 Å². The summed E-state index contributed by atoms with van der Waals surface area (Å²) in [5, 5.41) is 1.66. The first-order chi connectivity index (χ1) is 12.4. The molecule has 4 rings (SSSR count). The predicted molar refractivity (Wildman–Crippen MR) is 121 cm³/mol. The van der Waals surface area contributed by atoms with Gasteiger partial charge in [-0.1, -0.05) is 89.6 Å². The van der Waals surface area contributed by atoms with Crippen LogP contribution in [0.3, 0.4) is 0 Å². The largest absolute Gasteiger partial charge is 0.204 e. The van der Waals surface area contributed by atoms with Crippen molar-refractivity contribution in [3.63, 3.8) is 0 Å². The van der Waals surface area contributed by atoms with Crippen molar-refractivity contribution >= 4 is 21.2 Å². The quantitative estimate of drug-likeness (QED) is 0.414. The molecule has 0 bridgehead atoms. The van der Waals surface area contributed by atoms with Gasteiger partial charge in [0, 0.05) is 0 Å². The van der Waals surface area contributed by atoms with E-state index in [9.17, 15) is 0 Å². The van der Waals surface area contributed by atoms with Crippen molar-refractivity contribution in [1.82, 2.24) is 0 Å². The van der Waals surface area contributed by atoms with E-state index in [1.807, 2.05) is 0 Å². The highest BCUT2D eigenvalue weighted by atomic mass is 28.3. The van der Waals surface area contributed by atoms with Crippen LogP contribution in [0, 0.1) is 23.7 Å². The highest BCUT2D eigenvalue weighted by Gasteiger charge is 2.55. The molecule has 0 spiro atoms. The Hall–Kier alpha value is 0.749. The second-order valence-corrected chi connectivity index (χ2v) is 24.3. The van der Waals surface area contributed by atoms with Gasteiger partial charge in [0.2, 0.25) is 0 Å². The van der Waals surface area contributed by atoms with Crippen LogP contribution in [-0.2, 0) is 0 Å². The Morgan fingerprint density at radius 1 is 0.654 bits per heavy atom. The summed E-state index contributed by atoms with van der Waals surface area (Å²) in [6.07, 6.45) is 19.2. The third kappa shape index (κ3) is 3.91. The summed E-state index contributed by atoms with van der Waals surface area (Å²) in [7, 11) is -1.17. The van der Waals surface area contributed by atoms with Crippen molar-refractivity contribution in [2.45, 2.75) is 123 Å². The summed E-state index contributed by atoms with van der Waals surface area (Å²) in [5.74, 6) is 12.6. The van der Waals surface area contributed by atoms with Gasteiger partial charge in [-0.3, -0.25) is 0 Å². The van der Waals surface area contributed by atoms with Gasteiger partial charge in [0.15, 0.2) is 0 Å². The van der Waals surface area contributed by atoms with Gasteiger partial charge in [-0.2, -0.15) is 5.28 Å². The van der Waals surface area contributed by atoms with Gasteiger partial charge in [-0.15, -0.1) is 0 Å². The smallest absolute Gasteiger partial charge is 0.124 e. The van der Waals surface area contributed by atoms with Gasteiger partial charge in [0.1, 0.15) is 13.1 Å². The molecule has 0 saturated heterocycles. The number of fused-ring (bicyclic) bond motifs is 2. The molecule has 4 fully saturated rings. The van der Waals surface area contributed by atoms with Gasteiger partial charge >= 0.3 is 0 Å². The minimum Gasteiger partial charge on any atom is -0.204 e. The summed E-state index contributed by atoms with van der Waals surface area (Å²) in [5.41, 5.74) is 2.44. The van der Waals surface area contributed by atoms with Crippen molar-refractivity contribution in [1.29, 1.82) is 0 Å². The zero-order chi connectivity index (χ0) is 18.4. The fourth-order valence-corrected chi connectivity index (χ4v) is 20.2. The third-order valence-corrected chi connectivity index (χ3v) is 18.7. The minimum atomic E-state index is -1.21. The van der Waals surface area contributed by atoms with Crippen LogP contribution in [0.4, 0.5) is 0 Å². The number of rotatable bonds is 5. The SMILES string of the molecule is [CH3][Al-]([CH3])([CH3])[CH2]C[Si](C)(C1CCC2CCCCC21)C1CCC2CCCCC21. The lowest BCUT2D eigenvalue weighted by molar-refractivity contribution is 0.262. The van der Waals surface area contributed by atoms with Crippen molar-refractivity contribution in [2.24, 2.45) is 23.7 Å². The lowest BCUT2D eigenvalue weighted by Gasteiger charge is -2.48. The monoisotopic (exact) mass is 389 g/mol. The first kappa shape index (κ1) is 20.0. The van der Waals surface area contributed by atoms with E-state index in [4.69, 9.17) is 0 Å². The van der Waals surface area contributed by atoms with Gasteiger partial charge in [-0.05, 0) is 34.8 Å². The highest BCUT2D eigenvalue weighted by molar-refractivity contribution is 6.84. The number of hydrogen-bond acceptors (Lipinski definition) is 0. The Bertz CT molecular complexity index is 449. The molecular formula is C24H46AlSi-. The van der Waals surface area contributed by atoms with Gasteiger partial charge in [0.05, 0.1) is 8.07 Å². The maximum atomic E-state index is 2.97. The van der Waals surface area contributed by atoms with Crippen molar-refractivity contribution in [2.75, 3.05) is 0 Å². The molecule has 4 saturated carbocycles. The van der Waals surface area contributed by atoms with Crippen LogP contribution >= 0.6 is 0 Å². The Kier molecular flexibility index (Phi) is 6.07. The first-order valence-corrected chi connectivity index (χ1v) is 19.8. The molecule has 6 atom stereocenters. The minimum absolute atomic E-state index is 1.15. The van der Waals surface area contributed by atoms with E-state index >= 15 is 0 Å². The summed E-state index contributed by atoms with van der Waals surface area (Å²) >= 11 is -1.21. The van der Waals surface area contributed by atoms with E-state index in [1.54, 1.807) is 88.4 Å². The molecular weight excluding hydrogens is 343 g/mol. The molecule has 2 heteroatoms. The Morgan fingerprint density at radius 2 is 1.12 bits per heavy atom. The van der Waals surface area contributed by atoms with Gasteiger partial charge < -0.3 is 0 Å². The fraction of sp³-hybridized carbons (Fsp3) is 1.00. The predicted octanol–water partition coefficient (Wildman–Crippen LogP) is 8.34. The van der Waals surface area contributed by atoms with Crippen LogP contribution in [0.1, 0.15) is 77.0 Å². The lowest BCUT2D eigenvalue weighted by atomic mass is 9.81. The molecule has 0 aliphatic heterocycles. The van der Waals surface area contributed by atoms with Crippen LogP contribution in [0.15, 0.2) is 0 Å². The second kappa shape index (κ2) is 7.88. The molecule has 26 heavy (non-hydrogen) atoms. The van der Waals surface area contributed by atoms with E-state index in [-0.39, 0.29) is 0 Å². The Balaban J connectivity index is 1.59. The normalized spacial score (nSPS) is 42.9. The molecule has 0 aromatic rings. The molecule has 0 heterocycles. The Labute approximate surface area is 168 Å². The standard InChI is InChI=1S/C21H37Si.3CH3.Al/c1-3-22(2,20-14-12-16-8-4-6-10-18(16)20)21-15-13-17-9-5-7-11-19(17)21;;;;/h16-21H,1,3-15H2,2H3;3*1H3;/q;;;;-1. The van der Waals surface area contributed by atoms with Gasteiger partial charge in [0.25, 0.3) is 0 Å². The van der Waals surface area contributed by atoms with E-state index in [0.717, 1.165) is 11.8 Å². The van der Waals surface area contributed by atoms with Crippen molar-refractivity contribution in [3.8, 4) is 0 Å². The molecule has 150 valence electrons. The van der Waals surface area contributed by atoms with Crippen LogP contribution in [0.25, 0.3) is 0 Å². The maximum absolute atomic E-state index is 2.97. The second-order valence-electron chi connectivity index (χ2n) is 12.8. The molecule has 4 aliphatic carbocycles.